The van der Waals surface area contributed by atoms with Crippen molar-refractivity contribution in [3.63, 3.8) is 0 Å². The Labute approximate surface area is 196 Å². The third-order valence-corrected chi connectivity index (χ3v) is 6.73. The molecule has 166 valence electrons. The molecule has 4 aromatic rings. The van der Waals surface area contributed by atoms with Crippen molar-refractivity contribution in [2.45, 2.75) is 23.0 Å². The van der Waals surface area contributed by atoms with Crippen LogP contribution in [0.15, 0.2) is 90.1 Å². The number of fused-ring (bicyclic) bond motifs is 1. The highest BCUT2D eigenvalue weighted by Gasteiger charge is 2.37. The Kier molecular flexibility index (Phi) is 5.99. The fourth-order valence-corrected chi connectivity index (χ4v) is 4.88. The second kappa shape index (κ2) is 9.38. The normalized spacial score (nSPS) is 17.0. The minimum Gasteiger partial charge on any atom is -0.497 e. The standard InChI is InChI=1S/C25H23N5O2S/c1-32-20-14-12-18(13-15-20)21-22(24(31)26-16-17-8-4-2-5-9-17)33-25-28-27-23(30(25)29-21)19-10-6-3-7-11-19/h2-15,21-22,29H,16H2,1H3,(H,26,31)/t21-,22-/m0/s1. The molecule has 0 radical (unpaired) electrons. The Morgan fingerprint density at radius 2 is 1.70 bits per heavy atom. The summed E-state index contributed by atoms with van der Waals surface area (Å²) in [6, 6.07) is 27.2. The number of benzene rings is 3. The van der Waals surface area contributed by atoms with Gasteiger partial charge in [0.05, 0.1) is 13.2 Å². The van der Waals surface area contributed by atoms with E-state index in [0.29, 0.717) is 17.5 Å². The second-order valence-electron chi connectivity index (χ2n) is 7.63. The summed E-state index contributed by atoms with van der Waals surface area (Å²) in [7, 11) is 1.64. The average molecular weight is 458 g/mol. The van der Waals surface area contributed by atoms with E-state index in [4.69, 9.17) is 4.74 Å². The Balaban J connectivity index is 1.46. The van der Waals surface area contributed by atoms with E-state index < -0.39 is 5.25 Å². The van der Waals surface area contributed by atoms with Crippen molar-refractivity contribution < 1.29 is 9.53 Å². The number of nitrogens with one attached hydrogen (secondary N) is 2. The lowest BCUT2D eigenvalue weighted by molar-refractivity contribution is -0.121. The number of amides is 1. The molecule has 33 heavy (non-hydrogen) atoms. The topological polar surface area (TPSA) is 81.1 Å². The molecule has 2 N–H and O–H groups in total. The fourth-order valence-electron chi connectivity index (χ4n) is 3.78. The number of thioether (sulfide) groups is 1. The zero-order valence-corrected chi connectivity index (χ0v) is 18.8. The first-order chi connectivity index (χ1) is 16.2. The Hall–Kier alpha value is -3.78. The first kappa shape index (κ1) is 21.1. The zero-order valence-electron chi connectivity index (χ0n) is 18.0. The van der Waals surface area contributed by atoms with Crippen LogP contribution in [0.5, 0.6) is 5.75 Å². The van der Waals surface area contributed by atoms with Crippen molar-refractivity contribution in [1.82, 2.24) is 20.2 Å². The molecule has 2 atom stereocenters. The van der Waals surface area contributed by atoms with Gasteiger partial charge in [0.1, 0.15) is 11.0 Å². The van der Waals surface area contributed by atoms with Gasteiger partial charge in [-0.1, -0.05) is 84.6 Å². The predicted octanol–water partition coefficient (Wildman–Crippen LogP) is 4.03. The number of rotatable bonds is 6. The molecular formula is C25H23N5O2S. The van der Waals surface area contributed by atoms with Crippen molar-refractivity contribution in [2.75, 3.05) is 12.5 Å². The quantitative estimate of drug-likeness (QED) is 0.455. The van der Waals surface area contributed by atoms with E-state index in [2.05, 4.69) is 20.9 Å². The second-order valence-corrected chi connectivity index (χ2v) is 8.74. The molecule has 0 unspecified atom stereocenters. The van der Waals surface area contributed by atoms with Gasteiger partial charge in [-0.15, -0.1) is 10.2 Å². The minimum atomic E-state index is -0.428. The smallest absolute Gasteiger partial charge is 0.236 e. The van der Waals surface area contributed by atoms with Crippen LogP contribution in [0.25, 0.3) is 11.4 Å². The molecule has 1 aliphatic heterocycles. The lowest BCUT2D eigenvalue weighted by Crippen LogP contribution is -2.43. The number of hydrogen-bond donors (Lipinski definition) is 2. The van der Waals surface area contributed by atoms with Crippen molar-refractivity contribution in [3.8, 4) is 17.1 Å². The van der Waals surface area contributed by atoms with Gasteiger partial charge in [0, 0.05) is 12.1 Å². The van der Waals surface area contributed by atoms with Crippen molar-refractivity contribution >= 4 is 17.7 Å². The summed E-state index contributed by atoms with van der Waals surface area (Å²) in [5.41, 5.74) is 6.47. The molecule has 2 heterocycles. The van der Waals surface area contributed by atoms with Crippen LogP contribution in [0.2, 0.25) is 0 Å². The Morgan fingerprint density at radius 1 is 1.00 bits per heavy atom. The van der Waals surface area contributed by atoms with Crippen LogP contribution in [0, 0.1) is 0 Å². The Morgan fingerprint density at radius 3 is 2.39 bits per heavy atom. The maximum atomic E-state index is 13.3. The van der Waals surface area contributed by atoms with Crippen LogP contribution < -0.4 is 15.5 Å². The van der Waals surface area contributed by atoms with Crippen LogP contribution in [-0.2, 0) is 11.3 Å². The molecule has 0 spiro atoms. The highest BCUT2D eigenvalue weighted by atomic mass is 32.2. The maximum absolute atomic E-state index is 13.3. The number of carbonyl (C=O) groups excluding carboxylic acids is 1. The van der Waals surface area contributed by atoms with E-state index in [0.717, 1.165) is 22.4 Å². The summed E-state index contributed by atoms with van der Waals surface area (Å²) in [4.78, 5) is 13.3. The fraction of sp³-hybridized carbons (Fsp3) is 0.160. The van der Waals surface area contributed by atoms with Crippen LogP contribution in [0.3, 0.4) is 0 Å². The van der Waals surface area contributed by atoms with Gasteiger partial charge < -0.3 is 15.5 Å². The van der Waals surface area contributed by atoms with Gasteiger partial charge in [0.2, 0.25) is 11.1 Å². The molecule has 0 saturated carbocycles. The molecule has 1 aromatic heterocycles. The van der Waals surface area contributed by atoms with E-state index in [1.165, 1.54) is 11.8 Å². The number of hydrogen-bond acceptors (Lipinski definition) is 6. The molecular weight excluding hydrogens is 434 g/mol. The molecule has 1 amide bonds. The summed E-state index contributed by atoms with van der Waals surface area (Å²) in [6.07, 6.45) is 0. The number of carbonyl (C=O) groups is 1. The third-order valence-electron chi connectivity index (χ3n) is 5.51. The lowest BCUT2D eigenvalue weighted by atomic mass is 10.0. The zero-order chi connectivity index (χ0) is 22.6. The van der Waals surface area contributed by atoms with E-state index >= 15 is 0 Å². The molecule has 0 saturated heterocycles. The minimum absolute atomic E-state index is 0.0623. The molecule has 0 fully saturated rings. The van der Waals surface area contributed by atoms with Gasteiger partial charge >= 0.3 is 0 Å². The molecule has 1 aliphatic rings. The van der Waals surface area contributed by atoms with E-state index in [1.807, 2.05) is 89.6 Å². The van der Waals surface area contributed by atoms with Gasteiger partial charge in [0.15, 0.2) is 5.82 Å². The molecule has 5 rings (SSSR count). The predicted molar refractivity (Wildman–Crippen MR) is 128 cm³/mol. The van der Waals surface area contributed by atoms with Gasteiger partial charge in [-0.2, -0.15) is 0 Å². The first-order valence-electron chi connectivity index (χ1n) is 10.6. The van der Waals surface area contributed by atoms with E-state index in [9.17, 15) is 4.79 Å². The van der Waals surface area contributed by atoms with Gasteiger partial charge in [-0.05, 0) is 23.3 Å². The van der Waals surface area contributed by atoms with Crippen molar-refractivity contribution in [3.05, 3.63) is 96.1 Å². The van der Waals surface area contributed by atoms with E-state index in [1.54, 1.807) is 7.11 Å². The Bertz CT molecular complexity index is 1230. The molecule has 0 bridgehead atoms. The summed E-state index contributed by atoms with van der Waals surface area (Å²) < 4.78 is 7.18. The summed E-state index contributed by atoms with van der Waals surface area (Å²) in [5.74, 6) is 1.41. The third kappa shape index (κ3) is 4.42. The van der Waals surface area contributed by atoms with Crippen LogP contribution in [0.4, 0.5) is 0 Å². The largest absolute Gasteiger partial charge is 0.497 e. The SMILES string of the molecule is COc1ccc([C@@H]2Nn3c(nnc3-c3ccccc3)S[C@@H]2C(=O)NCc2ccccc2)cc1. The first-order valence-corrected chi connectivity index (χ1v) is 11.5. The number of aromatic nitrogens is 3. The highest BCUT2D eigenvalue weighted by Crippen LogP contribution is 2.38. The summed E-state index contributed by atoms with van der Waals surface area (Å²) in [6.45, 7) is 0.466. The van der Waals surface area contributed by atoms with E-state index in [-0.39, 0.29) is 11.9 Å². The number of methoxy groups -OCH3 is 1. The highest BCUT2D eigenvalue weighted by molar-refractivity contribution is 8.00. The summed E-state index contributed by atoms with van der Waals surface area (Å²) >= 11 is 1.41. The summed E-state index contributed by atoms with van der Waals surface area (Å²) in [5, 5.41) is 12.0. The van der Waals surface area contributed by atoms with Crippen LogP contribution >= 0.6 is 11.8 Å². The van der Waals surface area contributed by atoms with Crippen molar-refractivity contribution in [2.24, 2.45) is 0 Å². The van der Waals surface area contributed by atoms with Gasteiger partial charge in [-0.3, -0.25) is 4.79 Å². The molecule has 8 heteroatoms. The van der Waals surface area contributed by atoms with Gasteiger partial charge in [0.25, 0.3) is 0 Å². The van der Waals surface area contributed by atoms with Crippen molar-refractivity contribution in [1.29, 1.82) is 0 Å². The average Bonchev–Trinajstić information content (AvgIpc) is 3.31. The molecule has 3 aromatic carbocycles. The van der Waals surface area contributed by atoms with Crippen LogP contribution in [0.1, 0.15) is 17.2 Å². The maximum Gasteiger partial charge on any atom is 0.236 e. The molecule has 7 nitrogen and oxygen atoms in total. The number of ether oxygens (including phenoxy) is 1. The molecule has 0 aliphatic carbocycles. The van der Waals surface area contributed by atoms with Crippen LogP contribution in [-0.4, -0.2) is 33.1 Å². The van der Waals surface area contributed by atoms with Gasteiger partial charge in [-0.25, -0.2) is 4.68 Å². The number of nitrogens with zero attached hydrogens (tertiary/aromatic N) is 3. The monoisotopic (exact) mass is 457 g/mol. The lowest BCUT2D eigenvalue weighted by Gasteiger charge is -2.33.